The normalized spacial score (nSPS) is 31.3. The van der Waals surface area contributed by atoms with E-state index in [1.165, 1.54) is 0 Å². The van der Waals surface area contributed by atoms with Crippen LogP contribution in [0, 0.1) is 0 Å². The summed E-state index contributed by atoms with van der Waals surface area (Å²) in [5, 5.41) is 11.4. The van der Waals surface area contributed by atoms with E-state index in [1.54, 1.807) is 0 Å². The molecule has 27 heavy (non-hydrogen) atoms. The Morgan fingerprint density at radius 1 is 1.11 bits per heavy atom. The Labute approximate surface area is 160 Å². The first-order valence-electron chi connectivity index (χ1n) is 9.82. The van der Waals surface area contributed by atoms with Gasteiger partial charge in [-0.15, -0.1) is 0 Å². The van der Waals surface area contributed by atoms with Crippen molar-refractivity contribution in [2.24, 2.45) is 0 Å². The molecule has 1 aromatic rings. The summed E-state index contributed by atoms with van der Waals surface area (Å²) in [5.41, 5.74) is 0.434. The van der Waals surface area contributed by atoms with Gasteiger partial charge in [0.25, 0.3) is 0 Å². The molecule has 148 valence electrons. The molecule has 6 nitrogen and oxygen atoms in total. The smallest absolute Gasteiger partial charge is 0.410 e. The highest BCUT2D eigenvalue weighted by molar-refractivity contribution is 5.69. The maximum Gasteiger partial charge on any atom is 0.410 e. The second-order valence-corrected chi connectivity index (χ2v) is 8.91. The Morgan fingerprint density at radius 2 is 1.67 bits per heavy atom. The van der Waals surface area contributed by atoms with Gasteiger partial charge in [0.1, 0.15) is 5.60 Å². The van der Waals surface area contributed by atoms with Crippen LogP contribution in [0.15, 0.2) is 24.3 Å². The summed E-state index contributed by atoms with van der Waals surface area (Å²) in [6.07, 6.45) is 2.33. The van der Waals surface area contributed by atoms with Gasteiger partial charge in [-0.25, -0.2) is 4.79 Å². The summed E-state index contributed by atoms with van der Waals surface area (Å²) in [4.78, 5) is 14.5. The largest absolute Gasteiger partial charge is 0.444 e. The van der Waals surface area contributed by atoms with Crippen LogP contribution in [-0.2, 0) is 19.8 Å². The second-order valence-electron chi connectivity index (χ2n) is 8.91. The Balaban J connectivity index is 1.49. The standard InChI is InChI=1S/C21H29NO5/c1-20(2,3)27-19(23)22-16-8-9-17(22)13-21(24,12-16)15-6-4-14(5-7-15)18-25-10-11-26-18/h4-7,16-18,24H,8-13H2,1-3H3. The minimum absolute atomic E-state index is 0.0183. The van der Waals surface area contributed by atoms with E-state index < -0.39 is 11.2 Å². The van der Waals surface area contributed by atoms with Crippen LogP contribution < -0.4 is 0 Å². The Kier molecular flexibility index (Phi) is 4.69. The van der Waals surface area contributed by atoms with Crippen LogP contribution in [0.2, 0.25) is 0 Å². The molecule has 4 rings (SSSR count). The number of carbonyl (C=O) groups is 1. The van der Waals surface area contributed by atoms with Crippen LogP contribution in [0.1, 0.15) is 63.9 Å². The molecule has 1 N–H and O–H groups in total. The maximum atomic E-state index is 12.6. The average molecular weight is 375 g/mol. The summed E-state index contributed by atoms with van der Waals surface area (Å²) >= 11 is 0. The summed E-state index contributed by atoms with van der Waals surface area (Å²) in [6, 6.07) is 7.89. The highest BCUT2D eigenvalue weighted by atomic mass is 16.7. The third-order valence-electron chi connectivity index (χ3n) is 5.71. The first-order chi connectivity index (χ1) is 12.8. The number of aliphatic hydroxyl groups is 1. The highest BCUT2D eigenvalue weighted by Gasteiger charge is 2.51. The predicted molar refractivity (Wildman–Crippen MR) is 99.1 cm³/mol. The van der Waals surface area contributed by atoms with E-state index in [1.807, 2.05) is 49.9 Å². The average Bonchev–Trinajstić information content (AvgIpc) is 3.21. The molecule has 6 heteroatoms. The molecule has 0 spiro atoms. The molecule has 2 unspecified atom stereocenters. The predicted octanol–water partition coefficient (Wildman–Crippen LogP) is 3.48. The van der Waals surface area contributed by atoms with Crippen LogP contribution in [0.25, 0.3) is 0 Å². The van der Waals surface area contributed by atoms with Crippen molar-refractivity contribution in [1.29, 1.82) is 0 Å². The van der Waals surface area contributed by atoms with Gasteiger partial charge < -0.3 is 24.2 Å². The molecule has 3 aliphatic rings. The monoisotopic (exact) mass is 375 g/mol. The molecule has 0 radical (unpaired) electrons. The molecule has 3 aliphatic heterocycles. The van der Waals surface area contributed by atoms with Gasteiger partial charge in [-0.1, -0.05) is 24.3 Å². The van der Waals surface area contributed by atoms with E-state index in [-0.39, 0.29) is 24.5 Å². The van der Waals surface area contributed by atoms with E-state index in [0.717, 1.165) is 24.0 Å². The number of ether oxygens (including phenoxy) is 3. The van der Waals surface area contributed by atoms with E-state index in [4.69, 9.17) is 14.2 Å². The first kappa shape index (κ1) is 18.7. The third-order valence-corrected chi connectivity index (χ3v) is 5.71. The fourth-order valence-corrected chi connectivity index (χ4v) is 4.57. The molecular formula is C21H29NO5. The minimum atomic E-state index is -0.916. The number of rotatable bonds is 2. The minimum Gasteiger partial charge on any atom is -0.444 e. The molecule has 1 amide bonds. The van der Waals surface area contributed by atoms with Crippen LogP contribution in [-0.4, -0.2) is 47.0 Å². The van der Waals surface area contributed by atoms with Crippen molar-refractivity contribution in [1.82, 2.24) is 4.90 Å². The van der Waals surface area contributed by atoms with Gasteiger partial charge in [0.05, 0.1) is 18.8 Å². The molecule has 3 saturated heterocycles. The lowest BCUT2D eigenvalue weighted by molar-refractivity contribution is -0.0627. The van der Waals surface area contributed by atoms with Gasteiger partial charge in [-0.2, -0.15) is 0 Å². The number of carbonyl (C=O) groups excluding carboxylic acids is 1. The van der Waals surface area contributed by atoms with E-state index in [9.17, 15) is 9.90 Å². The quantitative estimate of drug-likeness (QED) is 0.857. The number of piperidine rings is 1. The zero-order chi connectivity index (χ0) is 19.2. The molecule has 1 aromatic carbocycles. The Morgan fingerprint density at radius 3 is 2.19 bits per heavy atom. The first-order valence-corrected chi connectivity index (χ1v) is 9.82. The molecule has 3 fully saturated rings. The number of hydrogen-bond donors (Lipinski definition) is 1. The van der Waals surface area contributed by atoms with Gasteiger partial charge in [0, 0.05) is 30.5 Å². The lowest BCUT2D eigenvalue weighted by Crippen LogP contribution is -2.53. The number of benzene rings is 1. The van der Waals surface area contributed by atoms with Gasteiger partial charge in [-0.05, 0) is 39.2 Å². The van der Waals surface area contributed by atoms with Crippen molar-refractivity contribution < 1.29 is 24.1 Å². The van der Waals surface area contributed by atoms with Crippen LogP contribution >= 0.6 is 0 Å². The second kappa shape index (κ2) is 6.76. The van der Waals surface area contributed by atoms with E-state index >= 15 is 0 Å². The van der Waals surface area contributed by atoms with Crippen molar-refractivity contribution in [3.8, 4) is 0 Å². The lowest BCUT2D eigenvalue weighted by Gasteiger charge is -2.44. The molecule has 2 atom stereocenters. The third kappa shape index (κ3) is 3.71. The summed E-state index contributed by atoms with van der Waals surface area (Å²) in [6.45, 7) is 6.87. The lowest BCUT2D eigenvalue weighted by atomic mass is 9.80. The van der Waals surface area contributed by atoms with E-state index in [0.29, 0.717) is 26.1 Å². The zero-order valence-electron chi connectivity index (χ0n) is 16.3. The summed E-state index contributed by atoms with van der Waals surface area (Å²) < 4.78 is 16.6. The number of amides is 1. The fourth-order valence-electron chi connectivity index (χ4n) is 4.57. The maximum absolute atomic E-state index is 12.6. The molecule has 2 bridgehead atoms. The van der Waals surface area contributed by atoms with Crippen molar-refractivity contribution in [2.75, 3.05) is 13.2 Å². The van der Waals surface area contributed by atoms with Crippen LogP contribution in [0.5, 0.6) is 0 Å². The molecular weight excluding hydrogens is 346 g/mol. The van der Waals surface area contributed by atoms with Crippen molar-refractivity contribution in [2.45, 2.75) is 76.0 Å². The van der Waals surface area contributed by atoms with Crippen molar-refractivity contribution >= 4 is 6.09 Å². The Bertz CT molecular complexity index is 676. The van der Waals surface area contributed by atoms with Crippen molar-refractivity contribution in [3.05, 3.63) is 35.4 Å². The van der Waals surface area contributed by atoms with Gasteiger partial charge >= 0.3 is 6.09 Å². The molecule has 0 aliphatic carbocycles. The molecule has 3 heterocycles. The number of fused-ring (bicyclic) bond motifs is 2. The SMILES string of the molecule is CC(C)(C)OC(=O)N1C2CCC1CC(O)(c1ccc(C3OCCO3)cc1)C2. The van der Waals surface area contributed by atoms with Gasteiger partial charge in [0.15, 0.2) is 6.29 Å². The van der Waals surface area contributed by atoms with Crippen molar-refractivity contribution in [3.63, 3.8) is 0 Å². The topological polar surface area (TPSA) is 68.2 Å². The van der Waals surface area contributed by atoms with Crippen LogP contribution in [0.3, 0.4) is 0 Å². The van der Waals surface area contributed by atoms with Gasteiger partial charge in [0.2, 0.25) is 0 Å². The zero-order valence-corrected chi connectivity index (χ0v) is 16.3. The fraction of sp³-hybridized carbons (Fsp3) is 0.667. The van der Waals surface area contributed by atoms with Gasteiger partial charge in [-0.3, -0.25) is 0 Å². The van der Waals surface area contributed by atoms with E-state index in [2.05, 4.69) is 0 Å². The van der Waals surface area contributed by atoms with Crippen LogP contribution in [0.4, 0.5) is 4.79 Å². The highest BCUT2D eigenvalue weighted by Crippen LogP contribution is 2.46. The molecule has 0 saturated carbocycles. The number of nitrogens with zero attached hydrogens (tertiary/aromatic N) is 1. The number of hydrogen-bond acceptors (Lipinski definition) is 5. The molecule has 0 aromatic heterocycles. The Hall–Kier alpha value is -1.63. The summed E-state index contributed by atoms with van der Waals surface area (Å²) in [5.74, 6) is 0. The summed E-state index contributed by atoms with van der Waals surface area (Å²) in [7, 11) is 0.